The number of benzene rings is 1. The highest BCUT2D eigenvalue weighted by Gasteiger charge is 2.51. The highest BCUT2D eigenvalue weighted by molar-refractivity contribution is 6.62. The lowest BCUT2D eigenvalue weighted by atomic mass is 9.79. The topological polar surface area (TPSA) is 42.0 Å². The zero-order chi connectivity index (χ0) is 19.3. The Morgan fingerprint density at radius 1 is 1.04 bits per heavy atom. The summed E-state index contributed by atoms with van der Waals surface area (Å²) < 4.78 is 12.3. The van der Waals surface area contributed by atoms with E-state index in [1.165, 1.54) is 0 Å². The van der Waals surface area contributed by atoms with E-state index in [9.17, 15) is 4.79 Å². The zero-order valence-corrected chi connectivity index (χ0v) is 17.1. The summed E-state index contributed by atoms with van der Waals surface area (Å²) in [4.78, 5) is 16.8. The SMILES string of the molecule is CC(C)(C)N1CCN(c2cccc(B3OC(C)(C)C(C)(C)O3)c2)C(=O)C1. The molecule has 0 N–H and O–H groups in total. The molecule has 2 aliphatic heterocycles. The first-order chi connectivity index (χ1) is 11.9. The van der Waals surface area contributed by atoms with Crippen molar-refractivity contribution in [3.63, 3.8) is 0 Å². The lowest BCUT2D eigenvalue weighted by Crippen LogP contribution is -2.56. The minimum absolute atomic E-state index is 0.00624. The van der Waals surface area contributed by atoms with E-state index in [4.69, 9.17) is 9.31 Å². The minimum atomic E-state index is -0.411. The van der Waals surface area contributed by atoms with Gasteiger partial charge in [-0.05, 0) is 66.1 Å². The standard InChI is InChI=1S/C20H31BN2O3/c1-18(2,3)22-11-12-23(17(24)14-22)16-10-8-9-15(13-16)21-25-19(4,5)20(6,7)26-21/h8-10,13H,11-12,14H2,1-7H3. The number of carbonyl (C=O) groups is 1. The fraction of sp³-hybridized carbons (Fsp3) is 0.650. The van der Waals surface area contributed by atoms with E-state index < -0.39 is 7.12 Å². The second-order valence-corrected chi connectivity index (χ2v) is 9.32. The van der Waals surface area contributed by atoms with Crippen LogP contribution < -0.4 is 10.4 Å². The predicted molar refractivity (Wildman–Crippen MR) is 106 cm³/mol. The van der Waals surface area contributed by atoms with Gasteiger partial charge in [0.25, 0.3) is 0 Å². The molecule has 6 heteroatoms. The minimum Gasteiger partial charge on any atom is -0.399 e. The summed E-state index contributed by atoms with van der Waals surface area (Å²) in [5, 5.41) is 0. The molecule has 2 fully saturated rings. The Kier molecular flexibility index (Phi) is 4.74. The lowest BCUT2D eigenvalue weighted by molar-refractivity contribution is -0.122. The van der Waals surface area contributed by atoms with Crippen LogP contribution in [0.2, 0.25) is 0 Å². The van der Waals surface area contributed by atoms with Crippen LogP contribution in [-0.2, 0) is 14.1 Å². The molecule has 5 nitrogen and oxygen atoms in total. The van der Waals surface area contributed by atoms with E-state index in [-0.39, 0.29) is 22.6 Å². The molecule has 0 saturated carbocycles. The molecule has 142 valence electrons. The average Bonchev–Trinajstić information content (AvgIpc) is 2.74. The fourth-order valence-corrected chi connectivity index (χ4v) is 3.34. The molecule has 0 unspecified atom stereocenters. The summed E-state index contributed by atoms with van der Waals surface area (Å²) in [7, 11) is -0.411. The van der Waals surface area contributed by atoms with Gasteiger partial charge in [0.1, 0.15) is 0 Å². The lowest BCUT2D eigenvalue weighted by Gasteiger charge is -2.41. The summed E-state index contributed by atoms with van der Waals surface area (Å²) in [6.45, 7) is 16.7. The number of amides is 1. The fourth-order valence-electron chi connectivity index (χ4n) is 3.34. The first-order valence-electron chi connectivity index (χ1n) is 9.42. The van der Waals surface area contributed by atoms with E-state index in [0.29, 0.717) is 13.1 Å². The van der Waals surface area contributed by atoms with Gasteiger partial charge >= 0.3 is 7.12 Å². The van der Waals surface area contributed by atoms with Crippen LogP contribution in [0.25, 0.3) is 0 Å². The van der Waals surface area contributed by atoms with Gasteiger partial charge in [-0.25, -0.2) is 0 Å². The summed E-state index contributed by atoms with van der Waals surface area (Å²) in [5.74, 6) is 0.136. The smallest absolute Gasteiger partial charge is 0.399 e. The molecular formula is C20H31BN2O3. The Morgan fingerprint density at radius 3 is 2.19 bits per heavy atom. The first kappa shape index (κ1) is 19.4. The van der Waals surface area contributed by atoms with Crippen molar-refractivity contribution < 1.29 is 14.1 Å². The highest BCUT2D eigenvalue weighted by Crippen LogP contribution is 2.36. The van der Waals surface area contributed by atoms with E-state index >= 15 is 0 Å². The Hall–Kier alpha value is -1.37. The number of carbonyl (C=O) groups excluding carboxylic acids is 1. The Bertz CT molecular complexity index is 681. The zero-order valence-electron chi connectivity index (χ0n) is 17.1. The Morgan fingerprint density at radius 2 is 1.65 bits per heavy atom. The van der Waals surface area contributed by atoms with Gasteiger partial charge in [-0.15, -0.1) is 0 Å². The van der Waals surface area contributed by atoms with Crippen LogP contribution in [0, 0.1) is 0 Å². The summed E-state index contributed by atoms with van der Waals surface area (Å²) in [6.07, 6.45) is 0. The number of nitrogens with zero attached hydrogens (tertiary/aromatic N) is 2. The monoisotopic (exact) mass is 358 g/mol. The number of hydrogen-bond donors (Lipinski definition) is 0. The van der Waals surface area contributed by atoms with Crippen molar-refractivity contribution in [1.82, 2.24) is 4.90 Å². The van der Waals surface area contributed by atoms with Crippen LogP contribution in [0.5, 0.6) is 0 Å². The van der Waals surface area contributed by atoms with Gasteiger partial charge < -0.3 is 14.2 Å². The number of rotatable bonds is 2. The molecule has 2 saturated heterocycles. The molecule has 3 rings (SSSR count). The molecule has 0 radical (unpaired) electrons. The maximum atomic E-state index is 12.7. The Labute approximate surface area is 157 Å². The van der Waals surface area contributed by atoms with Gasteiger partial charge in [0.05, 0.1) is 17.7 Å². The summed E-state index contributed by atoms with van der Waals surface area (Å²) >= 11 is 0. The third-order valence-corrected chi connectivity index (χ3v) is 5.88. The molecule has 0 atom stereocenters. The summed E-state index contributed by atoms with van der Waals surface area (Å²) in [5.41, 5.74) is 1.12. The molecule has 0 spiro atoms. The van der Waals surface area contributed by atoms with Gasteiger partial charge in [-0.1, -0.05) is 12.1 Å². The Balaban J connectivity index is 1.78. The number of hydrogen-bond acceptors (Lipinski definition) is 4. The van der Waals surface area contributed by atoms with Crippen molar-refractivity contribution in [3.8, 4) is 0 Å². The van der Waals surface area contributed by atoms with Crippen molar-refractivity contribution in [3.05, 3.63) is 24.3 Å². The van der Waals surface area contributed by atoms with Crippen molar-refractivity contribution in [2.24, 2.45) is 0 Å². The van der Waals surface area contributed by atoms with Crippen LogP contribution in [0.3, 0.4) is 0 Å². The maximum Gasteiger partial charge on any atom is 0.494 e. The van der Waals surface area contributed by atoms with Crippen molar-refractivity contribution in [1.29, 1.82) is 0 Å². The van der Waals surface area contributed by atoms with E-state index in [1.54, 1.807) is 0 Å². The van der Waals surface area contributed by atoms with Crippen LogP contribution in [0.4, 0.5) is 5.69 Å². The van der Waals surface area contributed by atoms with Crippen molar-refractivity contribution >= 4 is 24.2 Å². The average molecular weight is 358 g/mol. The highest BCUT2D eigenvalue weighted by atomic mass is 16.7. The quantitative estimate of drug-likeness (QED) is 0.762. The molecule has 1 aromatic rings. The second kappa shape index (κ2) is 6.36. The first-order valence-corrected chi connectivity index (χ1v) is 9.42. The van der Waals surface area contributed by atoms with Crippen LogP contribution in [0.15, 0.2) is 24.3 Å². The molecular weight excluding hydrogens is 327 g/mol. The van der Waals surface area contributed by atoms with Crippen LogP contribution >= 0.6 is 0 Å². The van der Waals surface area contributed by atoms with Gasteiger partial charge in [0.2, 0.25) is 5.91 Å². The molecule has 0 aliphatic carbocycles. The second-order valence-electron chi connectivity index (χ2n) is 9.32. The third kappa shape index (κ3) is 3.55. The largest absolute Gasteiger partial charge is 0.494 e. The van der Waals surface area contributed by atoms with Gasteiger partial charge in [-0.2, -0.15) is 0 Å². The van der Waals surface area contributed by atoms with Crippen molar-refractivity contribution in [2.45, 2.75) is 65.2 Å². The molecule has 26 heavy (non-hydrogen) atoms. The van der Waals surface area contributed by atoms with E-state index in [0.717, 1.165) is 17.7 Å². The van der Waals surface area contributed by atoms with Crippen molar-refractivity contribution in [2.75, 3.05) is 24.5 Å². The van der Waals surface area contributed by atoms with Crippen LogP contribution in [-0.4, -0.2) is 54.3 Å². The van der Waals surface area contributed by atoms with Gasteiger partial charge in [0.15, 0.2) is 0 Å². The third-order valence-electron chi connectivity index (χ3n) is 5.88. The molecule has 0 bridgehead atoms. The number of piperazine rings is 1. The van der Waals surface area contributed by atoms with E-state index in [2.05, 4.69) is 25.7 Å². The summed E-state index contributed by atoms with van der Waals surface area (Å²) in [6, 6.07) is 7.98. The maximum absolute atomic E-state index is 12.7. The normalized spacial score (nSPS) is 23.6. The van der Waals surface area contributed by atoms with E-state index in [1.807, 2.05) is 56.9 Å². The molecule has 2 aliphatic rings. The molecule has 0 aromatic heterocycles. The molecule has 2 heterocycles. The predicted octanol–water partition coefficient (Wildman–Crippen LogP) is 2.43. The molecule has 1 aromatic carbocycles. The number of anilines is 1. The van der Waals surface area contributed by atoms with Gasteiger partial charge in [-0.3, -0.25) is 9.69 Å². The molecule has 1 amide bonds. The van der Waals surface area contributed by atoms with Gasteiger partial charge in [0, 0.05) is 24.3 Å². The van der Waals surface area contributed by atoms with Crippen LogP contribution in [0.1, 0.15) is 48.5 Å².